The molecule has 0 saturated carbocycles. The largest absolute Gasteiger partial charge is 0.470 e. The lowest BCUT2D eigenvalue weighted by molar-refractivity contribution is 0.245. The zero-order valence-corrected chi connectivity index (χ0v) is 12.8. The van der Waals surface area contributed by atoms with Crippen LogP contribution < -0.4 is 10.5 Å². The van der Waals surface area contributed by atoms with Gasteiger partial charge in [0, 0.05) is 38.8 Å². The van der Waals surface area contributed by atoms with Gasteiger partial charge in [0.05, 0.1) is 5.57 Å². The molecule has 0 radical (unpaired) electrons. The van der Waals surface area contributed by atoms with Crippen molar-refractivity contribution in [1.82, 2.24) is 4.98 Å². The van der Waals surface area contributed by atoms with E-state index in [-0.39, 0.29) is 0 Å². The van der Waals surface area contributed by atoms with Gasteiger partial charge in [-0.15, -0.1) is 0 Å². The van der Waals surface area contributed by atoms with Crippen LogP contribution in [-0.4, -0.2) is 11.2 Å². The van der Waals surface area contributed by atoms with E-state index in [1.54, 1.807) is 0 Å². The fourth-order valence-corrected chi connectivity index (χ4v) is 3.15. The molecule has 3 aromatic rings. The average molecular weight is 322 g/mol. The molecule has 4 rings (SSSR count). The number of halogens is 1. The maximum atomic E-state index is 9.57. The first-order valence-corrected chi connectivity index (χ1v) is 7.50. The van der Waals surface area contributed by atoms with Gasteiger partial charge in [0.15, 0.2) is 6.23 Å². The summed E-state index contributed by atoms with van der Waals surface area (Å²) in [6, 6.07) is 15.4. The molecule has 0 bridgehead atoms. The van der Waals surface area contributed by atoms with Gasteiger partial charge in [-0.2, -0.15) is 5.26 Å². The summed E-state index contributed by atoms with van der Waals surface area (Å²) in [5.74, 6) is 0.678. The molecular formula is C18H12ClN3O. The molecule has 0 amide bonds. The number of nitrogens with zero attached hydrogens (tertiary/aromatic N) is 1. The highest BCUT2D eigenvalue weighted by molar-refractivity contribution is 6.31. The van der Waals surface area contributed by atoms with E-state index in [4.69, 9.17) is 22.1 Å². The van der Waals surface area contributed by atoms with Crippen LogP contribution in [0.15, 0.2) is 54.2 Å². The Kier molecular flexibility index (Phi) is 3.12. The van der Waals surface area contributed by atoms with Gasteiger partial charge < -0.3 is 9.72 Å². The zero-order chi connectivity index (χ0) is 16.0. The molecule has 3 N–H and O–H groups in total. The molecule has 0 aliphatic carbocycles. The van der Waals surface area contributed by atoms with Crippen molar-refractivity contribution in [3.8, 4) is 11.8 Å². The van der Waals surface area contributed by atoms with Crippen LogP contribution in [0.4, 0.5) is 0 Å². The van der Waals surface area contributed by atoms with E-state index in [2.05, 4.69) is 11.1 Å². The van der Waals surface area contributed by atoms with Gasteiger partial charge in [-0.05, 0) is 18.2 Å². The monoisotopic (exact) mass is 321 g/mol. The lowest BCUT2D eigenvalue weighted by Crippen LogP contribution is -2.32. The summed E-state index contributed by atoms with van der Waals surface area (Å²) < 4.78 is 5.66. The molecular weight excluding hydrogens is 310 g/mol. The molecule has 1 aromatic heterocycles. The Morgan fingerprint density at radius 1 is 1.17 bits per heavy atom. The topological polar surface area (TPSA) is 74.8 Å². The molecule has 2 aromatic carbocycles. The van der Waals surface area contributed by atoms with Crippen molar-refractivity contribution in [3.63, 3.8) is 0 Å². The number of nitrogens with one attached hydrogen (secondary N) is 1. The van der Waals surface area contributed by atoms with Crippen molar-refractivity contribution < 1.29 is 4.74 Å². The fraction of sp³-hybridized carbons (Fsp3) is 0.0556. The first kappa shape index (κ1) is 13.9. The van der Waals surface area contributed by atoms with Crippen molar-refractivity contribution >= 4 is 28.1 Å². The Labute approximate surface area is 137 Å². The van der Waals surface area contributed by atoms with Crippen molar-refractivity contribution in [3.05, 3.63) is 70.4 Å². The molecule has 0 fully saturated rings. The van der Waals surface area contributed by atoms with Crippen molar-refractivity contribution in [2.45, 2.75) is 6.23 Å². The molecule has 0 unspecified atom stereocenters. The Hall–Kier alpha value is -2.74. The minimum atomic E-state index is -0.776. The number of nitrogens with two attached hydrogens (primary N) is 1. The number of para-hydroxylation sites is 1. The minimum absolute atomic E-state index is 0.416. The highest BCUT2D eigenvalue weighted by Crippen LogP contribution is 2.41. The van der Waals surface area contributed by atoms with Gasteiger partial charge in [0.2, 0.25) is 0 Å². The van der Waals surface area contributed by atoms with Crippen LogP contribution in [0.3, 0.4) is 0 Å². The van der Waals surface area contributed by atoms with Gasteiger partial charge in [0.1, 0.15) is 11.8 Å². The first-order valence-electron chi connectivity index (χ1n) is 7.12. The van der Waals surface area contributed by atoms with Crippen molar-refractivity contribution in [2.75, 3.05) is 0 Å². The Bertz CT molecular complexity index is 997. The van der Waals surface area contributed by atoms with E-state index in [0.29, 0.717) is 16.3 Å². The van der Waals surface area contributed by atoms with Crippen LogP contribution in [0.5, 0.6) is 5.75 Å². The second-order valence-corrected chi connectivity index (χ2v) is 5.76. The van der Waals surface area contributed by atoms with Crippen molar-refractivity contribution in [2.24, 2.45) is 5.73 Å². The number of fused-ring (bicyclic) bond motifs is 2. The third-order valence-electron chi connectivity index (χ3n) is 4.00. The second kappa shape index (κ2) is 5.17. The van der Waals surface area contributed by atoms with Crippen molar-refractivity contribution in [1.29, 1.82) is 5.26 Å². The highest BCUT2D eigenvalue weighted by Gasteiger charge is 2.28. The number of benzene rings is 2. The average Bonchev–Trinajstić information content (AvgIpc) is 2.96. The lowest BCUT2D eigenvalue weighted by Gasteiger charge is -2.25. The summed E-state index contributed by atoms with van der Waals surface area (Å²) in [6.45, 7) is 0. The quantitative estimate of drug-likeness (QED) is 0.715. The smallest absolute Gasteiger partial charge is 0.184 e. The minimum Gasteiger partial charge on any atom is -0.470 e. The number of nitriles is 1. The van der Waals surface area contributed by atoms with Gasteiger partial charge in [-0.25, -0.2) is 0 Å². The number of aromatic nitrogens is 1. The maximum absolute atomic E-state index is 9.57. The number of rotatable bonds is 1. The summed E-state index contributed by atoms with van der Waals surface area (Å²) in [5.41, 5.74) is 9.94. The normalized spacial score (nSPS) is 16.8. The number of hydrogen-bond donors (Lipinski definition) is 2. The molecule has 2 heterocycles. The third kappa shape index (κ3) is 2.10. The molecule has 1 aliphatic rings. The molecule has 112 valence electrons. The van der Waals surface area contributed by atoms with Crippen LogP contribution in [0, 0.1) is 11.3 Å². The number of ether oxygens (including phenoxy) is 1. The van der Waals surface area contributed by atoms with Crippen LogP contribution in [-0.2, 0) is 0 Å². The zero-order valence-electron chi connectivity index (χ0n) is 12.0. The third-order valence-corrected chi connectivity index (χ3v) is 4.23. The summed E-state index contributed by atoms with van der Waals surface area (Å²) in [6.07, 6.45) is 1.10. The summed E-state index contributed by atoms with van der Waals surface area (Å²) in [7, 11) is 0. The van der Waals surface area contributed by atoms with E-state index in [1.807, 2.05) is 48.7 Å². The summed E-state index contributed by atoms with van der Waals surface area (Å²) in [4.78, 5) is 3.21. The highest BCUT2D eigenvalue weighted by atomic mass is 35.5. The van der Waals surface area contributed by atoms with Crippen LogP contribution in [0.2, 0.25) is 5.02 Å². The molecule has 1 aliphatic heterocycles. The van der Waals surface area contributed by atoms with E-state index in [0.717, 1.165) is 27.6 Å². The van der Waals surface area contributed by atoms with Gasteiger partial charge in [0.25, 0.3) is 0 Å². The molecule has 0 spiro atoms. The predicted molar refractivity (Wildman–Crippen MR) is 90.0 cm³/mol. The van der Waals surface area contributed by atoms with E-state index < -0.39 is 6.23 Å². The van der Waals surface area contributed by atoms with Crippen LogP contribution in [0.25, 0.3) is 16.5 Å². The van der Waals surface area contributed by atoms with E-state index in [1.165, 1.54) is 0 Å². The molecule has 23 heavy (non-hydrogen) atoms. The first-order chi connectivity index (χ1) is 11.2. The second-order valence-electron chi connectivity index (χ2n) is 5.33. The summed E-state index contributed by atoms with van der Waals surface area (Å²) in [5, 5.41) is 11.2. The molecule has 1 atom stereocenters. The van der Waals surface area contributed by atoms with E-state index in [9.17, 15) is 5.26 Å². The number of hydrogen-bond acceptors (Lipinski definition) is 3. The standard InChI is InChI=1S/C18H12ClN3O/c19-10-5-6-11-14(9-22-15(11)7-10)17-12-3-1-2-4-16(12)23-18(21)13(17)8-20/h1-7,9,18,22H,21H2/t18-/m1/s1. The van der Waals surface area contributed by atoms with E-state index >= 15 is 0 Å². The fourth-order valence-electron chi connectivity index (χ4n) is 2.97. The Balaban J connectivity index is 2.05. The SMILES string of the molecule is N#CC1=C(c2c[nH]c3cc(Cl)ccc23)c2ccccc2O[C@H]1N. The van der Waals surface area contributed by atoms with Gasteiger partial charge in [-0.3, -0.25) is 5.73 Å². The van der Waals surface area contributed by atoms with Crippen LogP contribution in [0.1, 0.15) is 11.1 Å². The number of aromatic amines is 1. The van der Waals surface area contributed by atoms with Gasteiger partial charge in [-0.1, -0.05) is 35.9 Å². The Morgan fingerprint density at radius 2 is 2.00 bits per heavy atom. The maximum Gasteiger partial charge on any atom is 0.184 e. The molecule has 4 nitrogen and oxygen atoms in total. The predicted octanol–water partition coefficient (Wildman–Crippen LogP) is 3.82. The summed E-state index contributed by atoms with van der Waals surface area (Å²) >= 11 is 6.05. The lowest BCUT2D eigenvalue weighted by atomic mass is 9.90. The molecule has 0 saturated heterocycles. The van der Waals surface area contributed by atoms with Gasteiger partial charge >= 0.3 is 0 Å². The van der Waals surface area contributed by atoms with Crippen LogP contribution >= 0.6 is 11.6 Å². The molecule has 5 heteroatoms. The Morgan fingerprint density at radius 3 is 2.83 bits per heavy atom. The number of H-pyrrole nitrogens is 1.